The van der Waals surface area contributed by atoms with Gasteiger partial charge in [0.2, 0.25) is 0 Å². The molecule has 0 radical (unpaired) electrons. The van der Waals surface area contributed by atoms with Crippen LogP contribution in [0, 0.1) is 0 Å². The second-order valence-corrected chi connectivity index (χ2v) is 4.59. The molecule has 4 heteroatoms. The van der Waals surface area contributed by atoms with Crippen molar-refractivity contribution >= 4 is 15.9 Å². The predicted octanol–water partition coefficient (Wildman–Crippen LogP) is 1.69. The van der Waals surface area contributed by atoms with E-state index in [1.807, 2.05) is 24.3 Å². The minimum atomic E-state index is 0.0143. The van der Waals surface area contributed by atoms with Crippen LogP contribution in [0.1, 0.15) is 5.56 Å². The number of hydrogen-bond acceptors (Lipinski definition) is 3. The van der Waals surface area contributed by atoms with E-state index in [0.29, 0.717) is 19.8 Å². The number of rotatable bonds is 3. The fourth-order valence-electron chi connectivity index (χ4n) is 1.51. The van der Waals surface area contributed by atoms with Gasteiger partial charge in [-0.1, -0.05) is 28.1 Å². The first kappa shape index (κ1) is 11.1. The van der Waals surface area contributed by atoms with Gasteiger partial charge in [-0.25, -0.2) is 0 Å². The van der Waals surface area contributed by atoms with E-state index in [2.05, 4.69) is 15.9 Å². The third kappa shape index (κ3) is 3.01. The van der Waals surface area contributed by atoms with Gasteiger partial charge >= 0.3 is 0 Å². The number of hydrogen-bond donors (Lipinski definition) is 1. The molecule has 1 aromatic rings. The van der Waals surface area contributed by atoms with Gasteiger partial charge in [0.25, 0.3) is 0 Å². The molecule has 0 spiro atoms. The lowest BCUT2D eigenvalue weighted by Gasteiger charge is -2.14. The van der Waals surface area contributed by atoms with E-state index in [9.17, 15) is 0 Å². The van der Waals surface area contributed by atoms with Crippen LogP contribution in [-0.4, -0.2) is 25.4 Å². The Hall–Kier alpha value is -0.420. The maximum atomic E-state index is 5.81. The Morgan fingerprint density at radius 2 is 2.07 bits per heavy atom. The molecule has 3 nitrogen and oxygen atoms in total. The monoisotopic (exact) mass is 271 g/mol. The van der Waals surface area contributed by atoms with Gasteiger partial charge < -0.3 is 15.2 Å². The molecule has 1 aromatic carbocycles. The van der Waals surface area contributed by atoms with Gasteiger partial charge in [0.05, 0.1) is 32.0 Å². The molecule has 2 N–H and O–H groups in total. The topological polar surface area (TPSA) is 44.5 Å². The SMILES string of the molecule is N[C@H]1COC[C@@H]1OCc1ccc(Br)cc1. The van der Waals surface area contributed by atoms with Crippen molar-refractivity contribution in [3.8, 4) is 0 Å². The van der Waals surface area contributed by atoms with Crippen molar-refractivity contribution in [3.63, 3.8) is 0 Å². The minimum absolute atomic E-state index is 0.0143. The van der Waals surface area contributed by atoms with E-state index in [4.69, 9.17) is 15.2 Å². The Morgan fingerprint density at radius 3 is 2.67 bits per heavy atom. The summed E-state index contributed by atoms with van der Waals surface area (Å²) < 4.78 is 12.0. The summed E-state index contributed by atoms with van der Waals surface area (Å²) in [5.41, 5.74) is 6.96. The molecule has 0 unspecified atom stereocenters. The molecule has 0 aromatic heterocycles. The predicted molar refractivity (Wildman–Crippen MR) is 61.5 cm³/mol. The first-order valence-electron chi connectivity index (χ1n) is 4.95. The van der Waals surface area contributed by atoms with Crippen LogP contribution in [0.3, 0.4) is 0 Å². The number of nitrogens with two attached hydrogens (primary N) is 1. The molecule has 2 rings (SSSR count). The number of halogens is 1. The maximum absolute atomic E-state index is 5.81. The van der Waals surface area contributed by atoms with Gasteiger partial charge in [-0.2, -0.15) is 0 Å². The molecule has 0 aliphatic carbocycles. The average molecular weight is 272 g/mol. The quantitative estimate of drug-likeness (QED) is 0.910. The summed E-state index contributed by atoms with van der Waals surface area (Å²) in [5.74, 6) is 0. The Morgan fingerprint density at radius 1 is 1.33 bits per heavy atom. The van der Waals surface area contributed by atoms with Gasteiger partial charge in [-0.15, -0.1) is 0 Å². The standard InChI is InChI=1S/C11H14BrNO2/c12-9-3-1-8(2-4-9)5-15-11-7-14-6-10(11)13/h1-4,10-11H,5-7,13H2/t10-,11-/m0/s1. The Labute approximate surface area is 97.7 Å². The third-order valence-corrected chi connectivity index (χ3v) is 2.98. The van der Waals surface area contributed by atoms with Crippen LogP contribution in [0.4, 0.5) is 0 Å². The zero-order valence-corrected chi connectivity index (χ0v) is 9.94. The van der Waals surface area contributed by atoms with Crippen LogP contribution in [0.25, 0.3) is 0 Å². The third-order valence-electron chi connectivity index (χ3n) is 2.45. The molecule has 1 fully saturated rings. The molecule has 1 aliphatic heterocycles. The normalized spacial score (nSPS) is 25.7. The van der Waals surface area contributed by atoms with Crippen molar-refractivity contribution in [2.75, 3.05) is 13.2 Å². The van der Waals surface area contributed by atoms with Crippen molar-refractivity contribution < 1.29 is 9.47 Å². The van der Waals surface area contributed by atoms with Crippen molar-refractivity contribution in [3.05, 3.63) is 34.3 Å². The highest BCUT2D eigenvalue weighted by atomic mass is 79.9. The van der Waals surface area contributed by atoms with Crippen molar-refractivity contribution in [2.45, 2.75) is 18.8 Å². The summed E-state index contributed by atoms with van der Waals surface area (Å²) in [4.78, 5) is 0. The summed E-state index contributed by atoms with van der Waals surface area (Å²) in [5, 5.41) is 0. The summed E-state index contributed by atoms with van der Waals surface area (Å²) in [6.07, 6.45) is 0.0358. The largest absolute Gasteiger partial charge is 0.377 e. The van der Waals surface area contributed by atoms with Crippen LogP contribution in [0.2, 0.25) is 0 Å². The maximum Gasteiger partial charge on any atom is 0.0985 e. The highest BCUT2D eigenvalue weighted by Crippen LogP contribution is 2.14. The van der Waals surface area contributed by atoms with E-state index in [-0.39, 0.29) is 12.1 Å². The first-order chi connectivity index (χ1) is 7.25. The lowest BCUT2D eigenvalue weighted by Crippen LogP contribution is -2.34. The molecule has 0 saturated carbocycles. The molecular formula is C11H14BrNO2. The summed E-state index contributed by atoms with van der Waals surface area (Å²) in [6.45, 7) is 1.80. The van der Waals surface area contributed by atoms with Crippen molar-refractivity contribution in [1.29, 1.82) is 0 Å². The smallest absolute Gasteiger partial charge is 0.0985 e. The van der Waals surface area contributed by atoms with E-state index < -0.39 is 0 Å². The van der Waals surface area contributed by atoms with Gasteiger partial charge in [0.15, 0.2) is 0 Å². The molecule has 1 aliphatic rings. The van der Waals surface area contributed by atoms with Crippen LogP contribution in [0.5, 0.6) is 0 Å². The highest BCUT2D eigenvalue weighted by molar-refractivity contribution is 9.10. The van der Waals surface area contributed by atoms with E-state index in [1.54, 1.807) is 0 Å². The highest BCUT2D eigenvalue weighted by Gasteiger charge is 2.25. The minimum Gasteiger partial charge on any atom is -0.377 e. The van der Waals surface area contributed by atoms with E-state index >= 15 is 0 Å². The van der Waals surface area contributed by atoms with E-state index in [1.165, 1.54) is 0 Å². The number of benzene rings is 1. The average Bonchev–Trinajstić information content (AvgIpc) is 2.63. The van der Waals surface area contributed by atoms with Gasteiger partial charge in [-0.05, 0) is 17.7 Å². The van der Waals surface area contributed by atoms with Crippen LogP contribution in [-0.2, 0) is 16.1 Å². The van der Waals surface area contributed by atoms with E-state index in [0.717, 1.165) is 10.0 Å². The lowest BCUT2D eigenvalue weighted by molar-refractivity contribution is 0.0265. The van der Waals surface area contributed by atoms with Crippen molar-refractivity contribution in [1.82, 2.24) is 0 Å². The molecule has 0 bridgehead atoms. The fourth-order valence-corrected chi connectivity index (χ4v) is 1.77. The van der Waals surface area contributed by atoms with Gasteiger partial charge in [0.1, 0.15) is 0 Å². The first-order valence-corrected chi connectivity index (χ1v) is 5.74. The van der Waals surface area contributed by atoms with Gasteiger partial charge in [-0.3, -0.25) is 0 Å². The number of ether oxygens (including phenoxy) is 2. The van der Waals surface area contributed by atoms with Gasteiger partial charge in [0, 0.05) is 4.47 Å². The van der Waals surface area contributed by atoms with Crippen molar-refractivity contribution in [2.24, 2.45) is 5.73 Å². The molecular weight excluding hydrogens is 258 g/mol. The van der Waals surface area contributed by atoms with Crippen LogP contribution < -0.4 is 5.73 Å². The fraction of sp³-hybridized carbons (Fsp3) is 0.455. The Bertz CT molecular complexity index is 315. The van der Waals surface area contributed by atoms with Crippen LogP contribution in [0.15, 0.2) is 28.7 Å². The second kappa shape index (κ2) is 5.07. The molecule has 0 amide bonds. The zero-order chi connectivity index (χ0) is 10.7. The molecule has 15 heavy (non-hydrogen) atoms. The lowest BCUT2D eigenvalue weighted by atomic mass is 10.2. The zero-order valence-electron chi connectivity index (χ0n) is 8.36. The summed E-state index contributed by atoms with van der Waals surface area (Å²) >= 11 is 3.39. The Kier molecular flexibility index (Phi) is 3.75. The molecule has 2 atom stereocenters. The second-order valence-electron chi connectivity index (χ2n) is 3.68. The van der Waals surface area contributed by atoms with Crippen LogP contribution >= 0.6 is 15.9 Å². The molecule has 82 valence electrons. The summed E-state index contributed by atoms with van der Waals surface area (Å²) in [6, 6.07) is 8.09. The summed E-state index contributed by atoms with van der Waals surface area (Å²) in [7, 11) is 0. The molecule has 1 saturated heterocycles. The Balaban J connectivity index is 1.85. The molecule has 1 heterocycles.